The Kier molecular flexibility index (Phi) is 4.15. The van der Waals surface area contributed by atoms with E-state index in [2.05, 4.69) is 43.3 Å². The van der Waals surface area contributed by atoms with Gasteiger partial charge in [-0.1, -0.05) is 6.07 Å². The molecule has 0 aliphatic rings. The highest BCUT2D eigenvalue weighted by Gasteiger charge is 2.05. The molecular formula is C15H18N6O. The number of carbonyl (C=O) groups excluding carboxylic acids is 1. The Labute approximate surface area is 127 Å². The molecule has 0 aliphatic carbocycles. The molecule has 0 aliphatic heterocycles. The minimum absolute atomic E-state index is 0.148. The summed E-state index contributed by atoms with van der Waals surface area (Å²) in [5, 5.41) is 12.5. The molecule has 0 fully saturated rings. The normalized spacial score (nSPS) is 11.0. The summed E-state index contributed by atoms with van der Waals surface area (Å²) in [4.78, 5) is 16.0. The van der Waals surface area contributed by atoms with Gasteiger partial charge in [-0.25, -0.2) is 4.98 Å². The molecule has 3 rings (SSSR count). The molecule has 0 atom stereocenters. The van der Waals surface area contributed by atoms with Gasteiger partial charge >= 0.3 is 0 Å². The third kappa shape index (κ3) is 3.15. The third-order valence-electron chi connectivity index (χ3n) is 3.37. The van der Waals surface area contributed by atoms with Crippen molar-refractivity contribution >= 4 is 11.6 Å². The highest BCUT2D eigenvalue weighted by molar-refractivity contribution is 5.92. The summed E-state index contributed by atoms with van der Waals surface area (Å²) in [6, 6.07) is 5.69. The highest BCUT2D eigenvalue weighted by atomic mass is 16.1. The number of rotatable bonds is 6. The van der Waals surface area contributed by atoms with Crippen molar-refractivity contribution in [2.75, 3.05) is 13.1 Å². The van der Waals surface area contributed by atoms with Gasteiger partial charge in [0.15, 0.2) is 0 Å². The van der Waals surface area contributed by atoms with Crippen LogP contribution in [0.2, 0.25) is 0 Å². The number of aromatic amines is 1. The molecule has 3 aromatic rings. The molecule has 0 unspecified atom stereocenters. The first kappa shape index (κ1) is 14.3. The first-order valence-corrected chi connectivity index (χ1v) is 7.15. The van der Waals surface area contributed by atoms with E-state index in [1.807, 2.05) is 18.3 Å². The maximum absolute atomic E-state index is 11.7. The molecule has 0 bridgehead atoms. The van der Waals surface area contributed by atoms with Crippen molar-refractivity contribution in [1.82, 2.24) is 30.2 Å². The lowest BCUT2D eigenvalue weighted by Gasteiger charge is -2.06. The Balaban J connectivity index is 1.46. The van der Waals surface area contributed by atoms with Crippen LogP contribution in [0.25, 0.3) is 5.65 Å². The number of hydrogen-bond donors (Lipinski definition) is 3. The van der Waals surface area contributed by atoms with E-state index >= 15 is 0 Å². The molecule has 22 heavy (non-hydrogen) atoms. The fourth-order valence-corrected chi connectivity index (χ4v) is 2.23. The molecule has 0 aromatic carbocycles. The van der Waals surface area contributed by atoms with Gasteiger partial charge in [0.1, 0.15) is 11.3 Å². The van der Waals surface area contributed by atoms with Crippen molar-refractivity contribution in [1.29, 1.82) is 0 Å². The molecule has 7 heteroatoms. The van der Waals surface area contributed by atoms with Crippen LogP contribution in [0.1, 0.15) is 21.7 Å². The lowest BCUT2D eigenvalue weighted by molar-refractivity contribution is 0.0949. The molecule has 0 spiro atoms. The number of nitrogens with one attached hydrogen (secondary N) is 3. The van der Waals surface area contributed by atoms with Crippen LogP contribution >= 0.6 is 0 Å². The van der Waals surface area contributed by atoms with E-state index in [1.165, 1.54) is 5.56 Å². The van der Waals surface area contributed by atoms with E-state index in [4.69, 9.17) is 0 Å². The molecule has 0 saturated heterocycles. The number of pyridine rings is 1. The number of hydrogen-bond acceptors (Lipinski definition) is 4. The topological polar surface area (TPSA) is 87.1 Å². The van der Waals surface area contributed by atoms with E-state index in [9.17, 15) is 4.79 Å². The summed E-state index contributed by atoms with van der Waals surface area (Å²) >= 11 is 0. The lowest BCUT2D eigenvalue weighted by atomic mass is 10.3. The Hall–Kier alpha value is -2.67. The molecular weight excluding hydrogens is 280 g/mol. The van der Waals surface area contributed by atoms with Crippen LogP contribution < -0.4 is 10.6 Å². The van der Waals surface area contributed by atoms with Crippen molar-refractivity contribution < 1.29 is 4.79 Å². The molecule has 114 valence electrons. The predicted octanol–water partition coefficient (Wildman–Crippen LogP) is 0.885. The van der Waals surface area contributed by atoms with Gasteiger partial charge in [0.05, 0.1) is 11.9 Å². The van der Waals surface area contributed by atoms with E-state index in [1.54, 1.807) is 12.3 Å². The van der Waals surface area contributed by atoms with E-state index < -0.39 is 0 Å². The number of amides is 1. The fourth-order valence-electron chi connectivity index (χ4n) is 2.23. The van der Waals surface area contributed by atoms with Gasteiger partial charge in [0.25, 0.3) is 5.91 Å². The zero-order valence-corrected chi connectivity index (χ0v) is 12.3. The summed E-state index contributed by atoms with van der Waals surface area (Å²) in [6.07, 6.45) is 5.49. The summed E-state index contributed by atoms with van der Waals surface area (Å²) < 4.78 is 2.07. The second-order valence-electron chi connectivity index (χ2n) is 5.09. The maximum atomic E-state index is 11.7. The molecule has 3 N–H and O–H groups in total. The van der Waals surface area contributed by atoms with Gasteiger partial charge in [0, 0.05) is 32.0 Å². The third-order valence-corrected chi connectivity index (χ3v) is 3.37. The smallest absolute Gasteiger partial charge is 0.269 e. The monoisotopic (exact) mass is 298 g/mol. The van der Waals surface area contributed by atoms with Crippen LogP contribution in [0.5, 0.6) is 0 Å². The minimum Gasteiger partial charge on any atom is -0.349 e. The molecule has 1 amide bonds. The van der Waals surface area contributed by atoms with Crippen LogP contribution in [0.3, 0.4) is 0 Å². The summed E-state index contributed by atoms with van der Waals surface area (Å²) in [5.41, 5.74) is 3.70. The largest absolute Gasteiger partial charge is 0.349 e. The van der Waals surface area contributed by atoms with Gasteiger partial charge in [-0.3, -0.25) is 9.89 Å². The molecule has 0 saturated carbocycles. The lowest BCUT2D eigenvalue weighted by Crippen LogP contribution is -2.32. The summed E-state index contributed by atoms with van der Waals surface area (Å²) in [6.45, 7) is 3.98. The van der Waals surface area contributed by atoms with Gasteiger partial charge in [-0.2, -0.15) is 5.10 Å². The number of imidazole rings is 1. The van der Waals surface area contributed by atoms with Gasteiger partial charge in [-0.15, -0.1) is 0 Å². The minimum atomic E-state index is -0.148. The number of nitrogens with zero attached hydrogens (tertiary/aromatic N) is 3. The Morgan fingerprint density at radius 1 is 1.32 bits per heavy atom. The number of aromatic nitrogens is 4. The summed E-state index contributed by atoms with van der Waals surface area (Å²) in [7, 11) is 0. The van der Waals surface area contributed by atoms with E-state index in [-0.39, 0.29) is 5.91 Å². The first-order chi connectivity index (χ1) is 10.7. The second-order valence-corrected chi connectivity index (χ2v) is 5.09. The molecule has 3 heterocycles. The Morgan fingerprint density at radius 2 is 2.23 bits per heavy atom. The maximum Gasteiger partial charge on any atom is 0.269 e. The first-order valence-electron chi connectivity index (χ1n) is 7.15. The fraction of sp³-hybridized carbons (Fsp3) is 0.267. The Bertz CT molecular complexity index is 762. The number of aryl methyl sites for hydroxylation is 1. The zero-order valence-electron chi connectivity index (χ0n) is 12.3. The standard InChI is InChI=1S/C15H18N6O/c1-11-2-3-14-18-9-12(21(14)10-11)8-16-6-7-17-15(22)13-4-5-19-20-13/h2-5,9-10,16H,6-8H2,1H3,(H,17,22)(H,19,20). The quantitative estimate of drug-likeness (QED) is 0.590. The van der Waals surface area contributed by atoms with Crippen LogP contribution in [0, 0.1) is 6.92 Å². The highest BCUT2D eigenvalue weighted by Crippen LogP contribution is 2.08. The number of H-pyrrole nitrogens is 1. The SMILES string of the molecule is Cc1ccc2ncc(CNCCNC(=O)c3ccn[nH]3)n2c1. The average molecular weight is 298 g/mol. The predicted molar refractivity (Wildman–Crippen MR) is 82.6 cm³/mol. The molecule has 3 aromatic heterocycles. The molecule has 7 nitrogen and oxygen atoms in total. The second kappa shape index (κ2) is 6.40. The average Bonchev–Trinajstić information content (AvgIpc) is 3.16. The van der Waals surface area contributed by atoms with Crippen molar-refractivity contribution in [2.45, 2.75) is 13.5 Å². The van der Waals surface area contributed by atoms with Crippen LogP contribution in [-0.2, 0) is 6.54 Å². The van der Waals surface area contributed by atoms with E-state index in [0.29, 0.717) is 25.3 Å². The molecule has 0 radical (unpaired) electrons. The van der Waals surface area contributed by atoms with Crippen LogP contribution in [0.15, 0.2) is 36.8 Å². The number of fused-ring (bicyclic) bond motifs is 1. The van der Waals surface area contributed by atoms with Crippen molar-refractivity contribution in [3.05, 3.63) is 53.7 Å². The van der Waals surface area contributed by atoms with Crippen molar-refractivity contribution in [3.8, 4) is 0 Å². The van der Waals surface area contributed by atoms with Gasteiger partial charge in [0.2, 0.25) is 0 Å². The Morgan fingerprint density at radius 3 is 3.05 bits per heavy atom. The zero-order chi connectivity index (χ0) is 15.4. The number of carbonyl (C=O) groups is 1. The summed E-state index contributed by atoms with van der Waals surface area (Å²) in [5.74, 6) is -0.148. The van der Waals surface area contributed by atoms with E-state index in [0.717, 1.165) is 11.3 Å². The van der Waals surface area contributed by atoms with Crippen molar-refractivity contribution in [3.63, 3.8) is 0 Å². The van der Waals surface area contributed by atoms with Crippen LogP contribution in [-0.4, -0.2) is 38.6 Å². The van der Waals surface area contributed by atoms with Gasteiger partial charge < -0.3 is 15.0 Å². The van der Waals surface area contributed by atoms with Crippen molar-refractivity contribution in [2.24, 2.45) is 0 Å². The van der Waals surface area contributed by atoms with Crippen LogP contribution in [0.4, 0.5) is 0 Å². The van der Waals surface area contributed by atoms with Gasteiger partial charge in [-0.05, 0) is 24.6 Å².